The number of nitro benzene ring substituents is 1. The lowest BCUT2D eigenvalue weighted by Crippen LogP contribution is -2.35. The first-order valence-corrected chi connectivity index (χ1v) is 10.7. The van der Waals surface area contributed by atoms with Gasteiger partial charge in [-0.15, -0.1) is 0 Å². The van der Waals surface area contributed by atoms with Crippen LogP contribution in [0.25, 0.3) is 0 Å². The van der Waals surface area contributed by atoms with Gasteiger partial charge in [-0.3, -0.25) is 19.7 Å². The van der Waals surface area contributed by atoms with E-state index in [1.165, 1.54) is 12.1 Å². The largest absolute Gasteiger partial charge is 0.452 e. The van der Waals surface area contributed by atoms with Crippen molar-refractivity contribution in [3.05, 3.63) is 62.7 Å². The molecule has 1 aliphatic rings. The molecule has 0 spiro atoms. The topological polar surface area (TPSA) is 131 Å². The van der Waals surface area contributed by atoms with E-state index in [4.69, 9.17) is 16.3 Å². The lowest BCUT2D eigenvalue weighted by molar-refractivity contribution is -0.384. The second-order valence-electron chi connectivity index (χ2n) is 7.47. The molecule has 1 aliphatic heterocycles. The Labute approximate surface area is 195 Å². The highest BCUT2D eigenvalue weighted by Crippen LogP contribution is 2.29. The normalized spacial score (nSPS) is 12.8. The molecule has 33 heavy (non-hydrogen) atoms. The Kier molecular flexibility index (Phi) is 7.83. The monoisotopic (exact) mass is 474 g/mol. The van der Waals surface area contributed by atoms with Crippen molar-refractivity contribution in [2.24, 2.45) is 0 Å². The van der Waals surface area contributed by atoms with Crippen molar-refractivity contribution in [3.63, 3.8) is 0 Å². The first kappa shape index (κ1) is 24.0. The lowest BCUT2D eigenvalue weighted by atomic mass is 10.1. The molecule has 0 atom stereocenters. The number of hydrogen-bond acceptors (Lipinski definition) is 7. The molecule has 0 saturated carbocycles. The first-order chi connectivity index (χ1) is 15.8. The number of anilines is 2. The van der Waals surface area contributed by atoms with Crippen molar-refractivity contribution in [1.82, 2.24) is 5.32 Å². The molecule has 0 bridgehead atoms. The van der Waals surface area contributed by atoms with Crippen molar-refractivity contribution >= 4 is 46.4 Å². The summed E-state index contributed by atoms with van der Waals surface area (Å²) in [7, 11) is 0. The highest BCUT2D eigenvalue weighted by molar-refractivity contribution is 6.31. The number of nitrogens with one attached hydrogen (secondary N) is 2. The average molecular weight is 475 g/mol. The van der Waals surface area contributed by atoms with E-state index < -0.39 is 29.3 Å². The van der Waals surface area contributed by atoms with E-state index in [1.54, 1.807) is 25.1 Å². The van der Waals surface area contributed by atoms with Gasteiger partial charge in [0.05, 0.1) is 22.7 Å². The molecule has 2 amide bonds. The van der Waals surface area contributed by atoms with Crippen LogP contribution in [-0.2, 0) is 14.3 Å². The molecule has 0 radical (unpaired) electrons. The van der Waals surface area contributed by atoms with Crippen molar-refractivity contribution in [2.75, 3.05) is 36.5 Å². The summed E-state index contributed by atoms with van der Waals surface area (Å²) >= 11 is 6.02. The van der Waals surface area contributed by atoms with E-state index in [9.17, 15) is 24.5 Å². The number of nitrogens with zero attached hydrogens (tertiary/aromatic N) is 2. The number of amides is 2. The molecule has 2 N–H and O–H groups in total. The molecule has 174 valence electrons. The fourth-order valence-electron chi connectivity index (χ4n) is 3.41. The Morgan fingerprint density at radius 3 is 2.58 bits per heavy atom. The number of ether oxygens (including phenoxy) is 1. The minimum Gasteiger partial charge on any atom is -0.452 e. The number of carbonyl (C=O) groups is 3. The van der Waals surface area contributed by atoms with Gasteiger partial charge < -0.3 is 20.3 Å². The van der Waals surface area contributed by atoms with E-state index >= 15 is 0 Å². The van der Waals surface area contributed by atoms with Gasteiger partial charge >= 0.3 is 5.97 Å². The van der Waals surface area contributed by atoms with Crippen molar-refractivity contribution in [1.29, 1.82) is 0 Å². The lowest BCUT2D eigenvalue weighted by Gasteiger charge is -2.20. The Hall–Kier alpha value is -3.66. The highest BCUT2D eigenvalue weighted by atomic mass is 35.5. The predicted octanol–water partition coefficient (Wildman–Crippen LogP) is 3.07. The summed E-state index contributed by atoms with van der Waals surface area (Å²) in [6.45, 7) is 2.22. The van der Waals surface area contributed by atoms with Gasteiger partial charge in [0.15, 0.2) is 6.61 Å². The van der Waals surface area contributed by atoms with Crippen LogP contribution >= 0.6 is 11.6 Å². The highest BCUT2D eigenvalue weighted by Gasteiger charge is 2.24. The number of nitro groups is 1. The molecule has 0 unspecified atom stereocenters. The summed E-state index contributed by atoms with van der Waals surface area (Å²) in [4.78, 5) is 49.2. The molecule has 3 rings (SSSR count). The van der Waals surface area contributed by atoms with E-state index in [1.807, 2.05) is 4.90 Å². The fraction of sp³-hybridized carbons (Fsp3) is 0.318. The maximum Gasteiger partial charge on any atom is 0.341 e. The van der Waals surface area contributed by atoms with Gasteiger partial charge in [0.25, 0.3) is 11.6 Å². The maximum atomic E-state index is 12.6. The zero-order valence-corrected chi connectivity index (χ0v) is 18.7. The van der Waals surface area contributed by atoms with Gasteiger partial charge in [-0.05, 0) is 43.5 Å². The molecule has 1 saturated heterocycles. The summed E-state index contributed by atoms with van der Waals surface area (Å²) in [5.41, 5.74) is 1.52. The number of halogens is 1. The van der Waals surface area contributed by atoms with E-state index in [0.29, 0.717) is 22.0 Å². The number of esters is 1. The number of carbonyl (C=O) groups excluding carboxylic acids is 3. The molecule has 0 aliphatic carbocycles. The average Bonchev–Trinajstić information content (AvgIpc) is 3.33. The van der Waals surface area contributed by atoms with Crippen LogP contribution in [0.4, 0.5) is 17.1 Å². The fourth-order valence-corrected chi connectivity index (χ4v) is 3.59. The molecule has 11 heteroatoms. The van der Waals surface area contributed by atoms with Gasteiger partial charge in [0.2, 0.25) is 5.91 Å². The van der Waals surface area contributed by atoms with Crippen LogP contribution in [0, 0.1) is 17.0 Å². The van der Waals surface area contributed by atoms with Crippen molar-refractivity contribution in [3.8, 4) is 0 Å². The molecule has 0 aromatic heterocycles. The van der Waals surface area contributed by atoms with Crippen LogP contribution in [0.2, 0.25) is 5.02 Å². The van der Waals surface area contributed by atoms with Crippen LogP contribution < -0.4 is 15.5 Å². The SMILES string of the molecule is Cc1c(Cl)cccc1NC(=O)CNC(=O)COC(=O)c1cc([N+](=O)[O-])ccc1N1CCCC1. The second kappa shape index (κ2) is 10.8. The third-order valence-electron chi connectivity index (χ3n) is 5.18. The molecule has 1 fully saturated rings. The standard InChI is InChI=1S/C22H23ClN4O6/c1-14-17(23)5-4-6-18(14)25-20(28)12-24-21(29)13-33-22(30)16-11-15(27(31)32)7-8-19(16)26-9-2-3-10-26/h4-8,11H,2-3,9-10,12-13H2,1H3,(H,24,29)(H,25,28). The Morgan fingerprint density at radius 1 is 1.15 bits per heavy atom. The van der Waals surface area contributed by atoms with Crippen LogP contribution in [0.3, 0.4) is 0 Å². The Balaban J connectivity index is 1.56. The van der Waals surface area contributed by atoms with Crippen molar-refractivity contribution in [2.45, 2.75) is 19.8 Å². The van der Waals surface area contributed by atoms with Gasteiger partial charge in [0.1, 0.15) is 0 Å². The number of benzene rings is 2. The molecular weight excluding hydrogens is 452 g/mol. The summed E-state index contributed by atoms with van der Waals surface area (Å²) in [6.07, 6.45) is 1.90. The van der Waals surface area contributed by atoms with Crippen LogP contribution in [0.15, 0.2) is 36.4 Å². The predicted molar refractivity (Wildman–Crippen MR) is 123 cm³/mol. The Morgan fingerprint density at radius 2 is 1.88 bits per heavy atom. The summed E-state index contributed by atoms with van der Waals surface area (Å²) in [5.74, 6) is -2.01. The molecule has 2 aromatic carbocycles. The number of non-ortho nitro benzene ring substituents is 1. The molecule has 1 heterocycles. The van der Waals surface area contributed by atoms with Crippen LogP contribution in [-0.4, -0.2) is 48.9 Å². The van der Waals surface area contributed by atoms with Gasteiger partial charge in [-0.1, -0.05) is 17.7 Å². The maximum absolute atomic E-state index is 12.6. The number of hydrogen-bond donors (Lipinski definition) is 2. The summed E-state index contributed by atoms with van der Waals surface area (Å²) < 4.78 is 5.06. The molecule has 2 aromatic rings. The van der Waals surface area contributed by atoms with E-state index in [2.05, 4.69) is 10.6 Å². The zero-order chi connectivity index (χ0) is 24.0. The third-order valence-corrected chi connectivity index (χ3v) is 5.59. The zero-order valence-electron chi connectivity index (χ0n) is 17.9. The minimum atomic E-state index is -0.852. The van der Waals surface area contributed by atoms with Gasteiger partial charge in [-0.2, -0.15) is 0 Å². The van der Waals surface area contributed by atoms with E-state index in [-0.39, 0.29) is 17.8 Å². The Bertz CT molecular complexity index is 1080. The molecule has 10 nitrogen and oxygen atoms in total. The minimum absolute atomic E-state index is 0.0214. The van der Waals surface area contributed by atoms with Gasteiger partial charge in [0, 0.05) is 35.9 Å². The van der Waals surface area contributed by atoms with E-state index in [0.717, 1.165) is 32.0 Å². The first-order valence-electron chi connectivity index (χ1n) is 10.3. The summed E-state index contributed by atoms with van der Waals surface area (Å²) in [5, 5.41) is 16.6. The third kappa shape index (κ3) is 6.19. The van der Waals surface area contributed by atoms with Gasteiger partial charge in [-0.25, -0.2) is 4.79 Å². The van der Waals surface area contributed by atoms with Crippen molar-refractivity contribution < 1.29 is 24.0 Å². The second-order valence-corrected chi connectivity index (χ2v) is 7.87. The van der Waals surface area contributed by atoms with Crippen LogP contribution in [0.1, 0.15) is 28.8 Å². The number of rotatable bonds is 8. The van der Waals surface area contributed by atoms with Crippen LogP contribution in [0.5, 0.6) is 0 Å². The molecular formula is C22H23ClN4O6. The summed E-state index contributed by atoms with van der Waals surface area (Å²) in [6, 6.07) is 9.06. The quantitative estimate of drug-likeness (QED) is 0.341. The smallest absolute Gasteiger partial charge is 0.341 e.